The third kappa shape index (κ3) is 6.49. The van der Waals surface area contributed by atoms with Crippen LogP contribution in [0.2, 0.25) is 0 Å². The number of fused-ring (bicyclic) bond motifs is 1. The van der Waals surface area contributed by atoms with Gasteiger partial charge in [-0.15, -0.1) is 0 Å². The van der Waals surface area contributed by atoms with Gasteiger partial charge in [-0.1, -0.05) is 18.2 Å². The molecule has 1 saturated carbocycles. The van der Waals surface area contributed by atoms with E-state index in [1.807, 2.05) is 10.9 Å². The monoisotopic (exact) mass is 668 g/mol. The Balaban J connectivity index is 0.947. The van der Waals surface area contributed by atoms with Crippen LogP contribution in [0.15, 0.2) is 60.7 Å². The van der Waals surface area contributed by atoms with Gasteiger partial charge < -0.3 is 32.1 Å². The summed E-state index contributed by atoms with van der Waals surface area (Å²) in [6.45, 7) is 2.83. The summed E-state index contributed by atoms with van der Waals surface area (Å²) in [4.78, 5) is 29.2. The van der Waals surface area contributed by atoms with Crippen molar-refractivity contribution in [3.05, 3.63) is 88.8 Å². The van der Waals surface area contributed by atoms with Gasteiger partial charge in [0.2, 0.25) is 11.8 Å². The van der Waals surface area contributed by atoms with Crippen LogP contribution in [0.1, 0.15) is 85.6 Å². The number of allylic oxidation sites excluding steroid dienone is 2. The van der Waals surface area contributed by atoms with Crippen LogP contribution in [0.3, 0.4) is 0 Å². The number of aromatic nitrogens is 2. The summed E-state index contributed by atoms with van der Waals surface area (Å²) in [5.74, 6) is -1.05. The van der Waals surface area contributed by atoms with E-state index in [9.17, 15) is 19.1 Å². The standard InChI is InChI=1S/C37H45FN8O3/c38-30-5-1-4-28(35(30)48)31(39)19-29(36(40)41)23-20-42-46(21-23)25-13-16-44(17-14-25)24-9-7-22(8-10-24)26-3-2-6-32-27(26)15-18-45(32)33-11-12-34(47)43-37(33)49/h1-6,19-22,24-25,33,48H,7-18,39-41H2,(H,43,47,49)/b31-19-. The highest BCUT2D eigenvalue weighted by molar-refractivity contribution is 6.02. The van der Waals surface area contributed by atoms with Crippen molar-refractivity contribution in [2.45, 2.75) is 81.8 Å². The van der Waals surface area contributed by atoms with Crippen molar-refractivity contribution in [2.24, 2.45) is 17.2 Å². The van der Waals surface area contributed by atoms with Crippen LogP contribution in [-0.2, 0) is 16.0 Å². The number of rotatable bonds is 7. The summed E-state index contributed by atoms with van der Waals surface area (Å²) in [6, 6.07) is 11.3. The SMILES string of the molecule is NC(N)=C(/C=C(\N)c1cccc(F)c1O)c1cnn(C2CCN(C3CCC(c4cccc5c4CCN5C4CCC(=O)NC4=O)CC3)CC2)c1. The second kappa shape index (κ2) is 13.6. The average Bonchev–Trinajstić information content (AvgIpc) is 3.77. The lowest BCUT2D eigenvalue weighted by molar-refractivity contribution is -0.134. The number of likely N-dealkylation sites (tertiary alicyclic amines) is 1. The van der Waals surface area contributed by atoms with Crippen molar-refractivity contribution in [1.82, 2.24) is 20.0 Å². The quantitative estimate of drug-likeness (QED) is 0.186. The predicted octanol–water partition coefficient (Wildman–Crippen LogP) is 3.84. The number of nitrogens with zero attached hydrogens (tertiary/aromatic N) is 4. The molecule has 1 unspecified atom stereocenters. The number of carbonyl (C=O) groups is 2. The first-order valence-corrected chi connectivity index (χ1v) is 17.4. The van der Waals surface area contributed by atoms with Crippen molar-refractivity contribution < 1.29 is 19.1 Å². The van der Waals surface area contributed by atoms with Gasteiger partial charge in [-0.25, -0.2) is 4.39 Å². The van der Waals surface area contributed by atoms with Gasteiger partial charge in [-0.05, 0) is 92.7 Å². The zero-order valence-corrected chi connectivity index (χ0v) is 27.7. The Kier molecular flexibility index (Phi) is 9.06. The smallest absolute Gasteiger partial charge is 0.249 e. The average molecular weight is 669 g/mol. The minimum absolute atomic E-state index is 0.0518. The Labute approximate surface area is 285 Å². The van der Waals surface area contributed by atoms with Crippen molar-refractivity contribution in [1.29, 1.82) is 0 Å². The lowest BCUT2D eigenvalue weighted by atomic mass is 9.79. The molecule has 258 valence electrons. The molecule has 2 amide bonds. The molecule has 1 atom stereocenters. The molecule has 11 nitrogen and oxygen atoms in total. The third-order valence-electron chi connectivity index (χ3n) is 11.0. The number of para-hydroxylation sites is 1. The summed E-state index contributed by atoms with van der Waals surface area (Å²) < 4.78 is 15.9. The Morgan fingerprint density at radius 3 is 2.41 bits per heavy atom. The first kappa shape index (κ1) is 32.7. The highest BCUT2D eigenvalue weighted by Crippen LogP contribution is 2.42. The lowest BCUT2D eigenvalue weighted by Crippen LogP contribution is -2.52. The number of aromatic hydroxyl groups is 1. The lowest BCUT2D eigenvalue weighted by Gasteiger charge is -2.41. The van der Waals surface area contributed by atoms with E-state index in [-0.39, 0.29) is 41.0 Å². The number of nitrogens with one attached hydrogen (secondary N) is 1. The zero-order chi connectivity index (χ0) is 34.2. The number of hydrogen-bond donors (Lipinski definition) is 5. The zero-order valence-electron chi connectivity index (χ0n) is 27.7. The fraction of sp³-hybridized carbons (Fsp3) is 0.432. The molecule has 1 aliphatic carbocycles. The molecule has 49 heavy (non-hydrogen) atoms. The number of halogens is 1. The van der Waals surface area contributed by atoms with Gasteiger partial charge in [0.05, 0.1) is 12.2 Å². The summed E-state index contributed by atoms with van der Waals surface area (Å²) in [5.41, 5.74) is 23.7. The molecule has 0 radical (unpaired) electrons. The Morgan fingerprint density at radius 1 is 0.918 bits per heavy atom. The van der Waals surface area contributed by atoms with E-state index < -0.39 is 11.6 Å². The van der Waals surface area contributed by atoms with Crippen molar-refractivity contribution in [3.63, 3.8) is 0 Å². The topological polar surface area (TPSA) is 169 Å². The van der Waals surface area contributed by atoms with E-state index in [0.717, 1.165) is 57.8 Å². The Morgan fingerprint density at radius 2 is 1.67 bits per heavy atom. The van der Waals surface area contributed by atoms with Gasteiger partial charge in [0.15, 0.2) is 11.6 Å². The Hall–Kier alpha value is -4.84. The second-order valence-corrected chi connectivity index (χ2v) is 13.8. The largest absolute Gasteiger partial charge is 0.504 e. The summed E-state index contributed by atoms with van der Waals surface area (Å²) in [6.07, 6.45) is 13.7. The van der Waals surface area contributed by atoms with Crippen molar-refractivity contribution >= 4 is 28.8 Å². The molecular formula is C37H45FN8O3. The summed E-state index contributed by atoms with van der Waals surface area (Å²) in [7, 11) is 0. The van der Waals surface area contributed by atoms with Gasteiger partial charge in [0, 0.05) is 66.4 Å². The van der Waals surface area contributed by atoms with Gasteiger partial charge in [-0.2, -0.15) is 5.10 Å². The number of benzene rings is 2. The normalized spacial score (nSPS) is 23.7. The van der Waals surface area contributed by atoms with Crippen LogP contribution in [0.25, 0.3) is 11.3 Å². The van der Waals surface area contributed by atoms with Crippen LogP contribution >= 0.6 is 0 Å². The molecule has 3 aromatic rings. The van der Waals surface area contributed by atoms with Crippen LogP contribution in [-0.4, -0.2) is 63.3 Å². The fourth-order valence-corrected chi connectivity index (χ4v) is 8.43. The number of phenolic OH excluding ortho intramolecular Hbond substituents is 1. The fourth-order valence-electron chi connectivity index (χ4n) is 8.43. The molecule has 2 aromatic carbocycles. The van der Waals surface area contributed by atoms with E-state index in [1.165, 1.54) is 41.8 Å². The van der Waals surface area contributed by atoms with Crippen LogP contribution in [0, 0.1) is 5.82 Å². The third-order valence-corrected chi connectivity index (χ3v) is 11.0. The summed E-state index contributed by atoms with van der Waals surface area (Å²) >= 11 is 0. The predicted molar refractivity (Wildman–Crippen MR) is 186 cm³/mol. The van der Waals surface area contributed by atoms with E-state index in [4.69, 9.17) is 17.2 Å². The maximum Gasteiger partial charge on any atom is 0.249 e. The molecule has 3 fully saturated rings. The molecule has 0 spiro atoms. The van der Waals surface area contributed by atoms with Crippen molar-refractivity contribution in [2.75, 3.05) is 24.5 Å². The maximum atomic E-state index is 13.9. The molecule has 7 rings (SSSR count). The molecule has 1 aromatic heterocycles. The highest BCUT2D eigenvalue weighted by atomic mass is 19.1. The first-order chi connectivity index (χ1) is 23.7. The van der Waals surface area contributed by atoms with Crippen LogP contribution < -0.4 is 27.4 Å². The van der Waals surface area contributed by atoms with E-state index in [0.29, 0.717) is 35.9 Å². The Bertz CT molecular complexity index is 1800. The van der Waals surface area contributed by atoms with E-state index in [2.05, 4.69) is 38.4 Å². The van der Waals surface area contributed by atoms with E-state index in [1.54, 1.807) is 12.3 Å². The maximum absolute atomic E-state index is 13.9. The molecular weight excluding hydrogens is 623 g/mol. The first-order valence-electron chi connectivity index (χ1n) is 17.4. The van der Waals surface area contributed by atoms with Crippen molar-refractivity contribution in [3.8, 4) is 5.75 Å². The summed E-state index contributed by atoms with van der Waals surface area (Å²) in [5, 5.41) is 17.3. The minimum Gasteiger partial charge on any atom is -0.504 e. The molecule has 12 heteroatoms. The number of nitrogens with two attached hydrogens (primary N) is 3. The van der Waals surface area contributed by atoms with Gasteiger partial charge in [0.25, 0.3) is 0 Å². The second-order valence-electron chi connectivity index (χ2n) is 13.8. The molecule has 0 bridgehead atoms. The van der Waals surface area contributed by atoms with E-state index >= 15 is 0 Å². The van der Waals surface area contributed by atoms with Crippen LogP contribution in [0.5, 0.6) is 5.75 Å². The number of amides is 2. The minimum atomic E-state index is -0.758. The van der Waals surface area contributed by atoms with Gasteiger partial charge in [0.1, 0.15) is 11.9 Å². The van der Waals surface area contributed by atoms with Gasteiger partial charge >= 0.3 is 0 Å². The van der Waals surface area contributed by atoms with Gasteiger partial charge in [-0.3, -0.25) is 19.6 Å². The molecule has 4 heterocycles. The number of carbonyl (C=O) groups excluding carboxylic acids is 2. The molecule has 2 saturated heterocycles. The molecule has 4 aliphatic rings. The number of phenols is 1. The number of piperidine rings is 2. The highest BCUT2D eigenvalue weighted by Gasteiger charge is 2.37. The molecule has 3 aliphatic heterocycles. The number of imide groups is 1. The number of hydrogen-bond acceptors (Lipinski definition) is 9. The number of anilines is 1. The van der Waals surface area contributed by atoms with Crippen LogP contribution in [0.4, 0.5) is 10.1 Å². The molecule has 8 N–H and O–H groups in total.